The van der Waals surface area contributed by atoms with Crippen LogP contribution < -0.4 is 10.6 Å². The van der Waals surface area contributed by atoms with Gasteiger partial charge < -0.3 is 10.6 Å². The summed E-state index contributed by atoms with van der Waals surface area (Å²) in [4.78, 5) is 12.5. The van der Waals surface area contributed by atoms with Gasteiger partial charge in [0.25, 0.3) is 5.91 Å². The van der Waals surface area contributed by atoms with E-state index in [9.17, 15) is 18.0 Å². The topological polar surface area (TPSA) is 41.1 Å². The quantitative estimate of drug-likeness (QED) is 0.881. The second kappa shape index (κ2) is 7.27. The van der Waals surface area contributed by atoms with E-state index in [1.165, 1.54) is 12.1 Å². The molecule has 25 heavy (non-hydrogen) atoms. The molecule has 1 fully saturated rings. The fourth-order valence-corrected chi connectivity index (χ4v) is 3.01. The van der Waals surface area contributed by atoms with Crippen molar-refractivity contribution < 1.29 is 18.0 Å². The summed E-state index contributed by atoms with van der Waals surface area (Å²) in [5, 5.41) is 6.21. The molecule has 132 valence electrons. The molecule has 0 radical (unpaired) electrons. The number of carbonyl (C=O) groups is 1. The molecule has 0 aromatic heterocycles. The summed E-state index contributed by atoms with van der Waals surface area (Å²) in [5.74, 6) is -0.218. The molecule has 2 N–H and O–H groups in total. The van der Waals surface area contributed by atoms with Crippen LogP contribution in [0.25, 0.3) is 11.1 Å². The maximum Gasteiger partial charge on any atom is 0.416 e. The highest BCUT2D eigenvalue weighted by molar-refractivity contribution is 6.00. The van der Waals surface area contributed by atoms with Crippen LogP contribution in [0.15, 0.2) is 48.5 Å². The van der Waals surface area contributed by atoms with Crippen molar-refractivity contribution in [2.75, 3.05) is 13.1 Å². The molecular formula is C19H19F3N2O. The molecule has 2 aromatic carbocycles. The number of benzene rings is 2. The summed E-state index contributed by atoms with van der Waals surface area (Å²) >= 11 is 0. The zero-order valence-corrected chi connectivity index (χ0v) is 13.6. The summed E-state index contributed by atoms with van der Waals surface area (Å²) < 4.78 is 38.1. The Morgan fingerprint density at radius 2 is 1.84 bits per heavy atom. The smallest absolute Gasteiger partial charge is 0.350 e. The van der Waals surface area contributed by atoms with Crippen molar-refractivity contribution in [2.45, 2.75) is 25.1 Å². The molecule has 1 heterocycles. The maximum atomic E-state index is 12.7. The molecule has 0 bridgehead atoms. The van der Waals surface area contributed by atoms with Crippen molar-refractivity contribution in [3.05, 3.63) is 59.7 Å². The van der Waals surface area contributed by atoms with Gasteiger partial charge in [-0.1, -0.05) is 30.3 Å². The highest BCUT2D eigenvalue weighted by atomic mass is 19.4. The minimum absolute atomic E-state index is 0.218. The number of alkyl halides is 3. The molecule has 1 unspecified atom stereocenters. The monoisotopic (exact) mass is 348 g/mol. The third-order valence-corrected chi connectivity index (χ3v) is 4.37. The number of carbonyl (C=O) groups excluding carboxylic acids is 1. The summed E-state index contributed by atoms with van der Waals surface area (Å²) in [6, 6.07) is 12.1. The Morgan fingerprint density at radius 1 is 1.12 bits per heavy atom. The average molecular weight is 348 g/mol. The van der Waals surface area contributed by atoms with Gasteiger partial charge in [0.1, 0.15) is 0 Å². The molecule has 1 aliphatic rings. The van der Waals surface area contributed by atoms with Gasteiger partial charge in [-0.15, -0.1) is 0 Å². The zero-order chi connectivity index (χ0) is 17.9. The molecule has 1 amide bonds. The van der Waals surface area contributed by atoms with Gasteiger partial charge in [0.05, 0.1) is 5.56 Å². The lowest BCUT2D eigenvalue weighted by atomic mass is 9.98. The van der Waals surface area contributed by atoms with Gasteiger partial charge in [0, 0.05) is 18.2 Å². The third kappa shape index (κ3) is 4.20. The summed E-state index contributed by atoms with van der Waals surface area (Å²) in [6.07, 6.45) is -2.24. The Kier molecular flexibility index (Phi) is 5.08. The van der Waals surface area contributed by atoms with E-state index in [0.717, 1.165) is 31.5 Å². The van der Waals surface area contributed by atoms with E-state index in [2.05, 4.69) is 10.6 Å². The van der Waals surface area contributed by atoms with Gasteiger partial charge in [0.2, 0.25) is 0 Å². The predicted octanol–water partition coefficient (Wildman–Crippen LogP) is 3.85. The average Bonchev–Trinajstić information content (AvgIpc) is 3.12. The molecule has 3 rings (SSSR count). The van der Waals surface area contributed by atoms with Gasteiger partial charge in [-0.2, -0.15) is 13.2 Å². The molecule has 0 saturated carbocycles. The van der Waals surface area contributed by atoms with Crippen LogP contribution in [0.2, 0.25) is 0 Å². The van der Waals surface area contributed by atoms with Gasteiger partial charge in [-0.25, -0.2) is 0 Å². The van der Waals surface area contributed by atoms with Crippen LogP contribution in [0.5, 0.6) is 0 Å². The zero-order valence-electron chi connectivity index (χ0n) is 13.6. The minimum atomic E-state index is -4.37. The molecule has 0 spiro atoms. The van der Waals surface area contributed by atoms with Crippen molar-refractivity contribution in [3.63, 3.8) is 0 Å². The van der Waals surface area contributed by atoms with E-state index in [-0.39, 0.29) is 11.9 Å². The maximum absolute atomic E-state index is 12.7. The molecule has 2 aromatic rings. The Labute approximate surface area is 144 Å². The molecule has 1 saturated heterocycles. The fraction of sp³-hybridized carbons (Fsp3) is 0.316. The fourth-order valence-electron chi connectivity index (χ4n) is 3.01. The number of hydrogen-bond acceptors (Lipinski definition) is 2. The van der Waals surface area contributed by atoms with Crippen molar-refractivity contribution in [3.8, 4) is 11.1 Å². The number of nitrogens with one attached hydrogen (secondary N) is 2. The Balaban J connectivity index is 1.79. The second-order valence-corrected chi connectivity index (χ2v) is 6.12. The van der Waals surface area contributed by atoms with E-state index in [4.69, 9.17) is 0 Å². The first kappa shape index (κ1) is 17.5. The van der Waals surface area contributed by atoms with E-state index in [0.29, 0.717) is 23.2 Å². The first-order valence-electron chi connectivity index (χ1n) is 8.23. The lowest BCUT2D eigenvalue weighted by Crippen LogP contribution is -2.37. The van der Waals surface area contributed by atoms with E-state index >= 15 is 0 Å². The van der Waals surface area contributed by atoms with Crippen LogP contribution in [-0.4, -0.2) is 25.0 Å². The van der Waals surface area contributed by atoms with Gasteiger partial charge in [-0.05, 0) is 48.7 Å². The Bertz CT molecular complexity index is 735. The predicted molar refractivity (Wildman–Crippen MR) is 90.2 cm³/mol. The molecule has 1 atom stereocenters. The number of hydrogen-bond donors (Lipinski definition) is 2. The van der Waals surface area contributed by atoms with Crippen LogP contribution in [0, 0.1) is 0 Å². The highest BCUT2D eigenvalue weighted by Gasteiger charge is 2.30. The molecule has 0 aliphatic carbocycles. The number of halogens is 3. The Hall–Kier alpha value is -2.34. The SMILES string of the molecule is O=C(NCC1CCCN1)c1ccccc1-c1ccc(C(F)(F)F)cc1. The van der Waals surface area contributed by atoms with Crippen molar-refractivity contribution >= 4 is 5.91 Å². The van der Waals surface area contributed by atoms with Crippen LogP contribution in [0.1, 0.15) is 28.8 Å². The van der Waals surface area contributed by atoms with Crippen LogP contribution >= 0.6 is 0 Å². The summed E-state index contributed by atoms with van der Waals surface area (Å²) in [7, 11) is 0. The van der Waals surface area contributed by atoms with Crippen LogP contribution in [0.4, 0.5) is 13.2 Å². The van der Waals surface area contributed by atoms with E-state index < -0.39 is 11.7 Å². The van der Waals surface area contributed by atoms with Crippen molar-refractivity contribution in [2.24, 2.45) is 0 Å². The molecule has 3 nitrogen and oxygen atoms in total. The highest BCUT2D eigenvalue weighted by Crippen LogP contribution is 2.31. The molecular weight excluding hydrogens is 329 g/mol. The van der Waals surface area contributed by atoms with Crippen LogP contribution in [0.3, 0.4) is 0 Å². The largest absolute Gasteiger partial charge is 0.416 e. The Morgan fingerprint density at radius 3 is 2.48 bits per heavy atom. The third-order valence-electron chi connectivity index (χ3n) is 4.37. The standard InChI is InChI=1S/C19H19F3N2O/c20-19(21,22)14-9-7-13(8-10-14)16-5-1-2-6-17(16)18(25)24-12-15-4-3-11-23-15/h1-2,5-10,15,23H,3-4,11-12H2,(H,24,25). The lowest BCUT2D eigenvalue weighted by molar-refractivity contribution is -0.137. The normalized spacial score (nSPS) is 17.5. The first-order chi connectivity index (χ1) is 11.9. The first-order valence-corrected chi connectivity index (χ1v) is 8.23. The minimum Gasteiger partial charge on any atom is -0.350 e. The van der Waals surface area contributed by atoms with Crippen molar-refractivity contribution in [1.29, 1.82) is 0 Å². The van der Waals surface area contributed by atoms with Crippen molar-refractivity contribution in [1.82, 2.24) is 10.6 Å². The number of amides is 1. The lowest BCUT2D eigenvalue weighted by Gasteiger charge is -2.14. The number of rotatable bonds is 4. The molecule has 1 aliphatic heterocycles. The van der Waals surface area contributed by atoms with Gasteiger partial charge >= 0.3 is 6.18 Å². The van der Waals surface area contributed by atoms with Gasteiger partial charge in [-0.3, -0.25) is 4.79 Å². The van der Waals surface area contributed by atoms with Gasteiger partial charge in [0.15, 0.2) is 0 Å². The summed E-state index contributed by atoms with van der Waals surface area (Å²) in [6.45, 7) is 1.50. The summed E-state index contributed by atoms with van der Waals surface area (Å²) in [5.41, 5.74) is 0.955. The van der Waals surface area contributed by atoms with Crippen LogP contribution in [-0.2, 0) is 6.18 Å². The van der Waals surface area contributed by atoms with E-state index in [1.807, 2.05) is 0 Å². The molecule has 6 heteroatoms. The second-order valence-electron chi connectivity index (χ2n) is 6.12. The van der Waals surface area contributed by atoms with E-state index in [1.54, 1.807) is 24.3 Å².